The Balaban J connectivity index is 1.53. The first-order valence-electron chi connectivity index (χ1n) is 7.11. The predicted octanol–water partition coefficient (Wildman–Crippen LogP) is 4.33. The number of aliphatic hydroxyl groups is 1. The number of benzene rings is 1. The van der Waals surface area contributed by atoms with Gasteiger partial charge in [-0.25, -0.2) is 4.79 Å². The van der Waals surface area contributed by atoms with Gasteiger partial charge in [-0.15, -0.1) is 11.3 Å². The molecule has 0 spiro atoms. The molecule has 23 heavy (non-hydrogen) atoms. The van der Waals surface area contributed by atoms with Crippen LogP contribution in [0, 0.1) is 0 Å². The second kappa shape index (κ2) is 7.41. The summed E-state index contributed by atoms with van der Waals surface area (Å²) in [4.78, 5) is 11.7. The van der Waals surface area contributed by atoms with Crippen molar-refractivity contribution in [3.8, 4) is 11.1 Å². The number of urea groups is 1. The van der Waals surface area contributed by atoms with E-state index in [-0.39, 0.29) is 12.6 Å². The Morgan fingerprint density at radius 1 is 1.09 bits per heavy atom. The summed E-state index contributed by atoms with van der Waals surface area (Å²) in [7, 11) is 0. The van der Waals surface area contributed by atoms with E-state index in [1.807, 2.05) is 47.2 Å². The second-order valence-electron chi connectivity index (χ2n) is 4.96. The Morgan fingerprint density at radius 2 is 1.91 bits per heavy atom. The molecule has 0 bridgehead atoms. The van der Waals surface area contributed by atoms with Crippen LogP contribution in [0.2, 0.25) is 0 Å². The summed E-state index contributed by atoms with van der Waals surface area (Å²) in [6.07, 6.45) is -0.736. The van der Waals surface area contributed by atoms with Gasteiger partial charge in [-0.1, -0.05) is 24.3 Å². The quantitative estimate of drug-likeness (QED) is 0.645. The minimum absolute atomic E-state index is 0.162. The van der Waals surface area contributed by atoms with E-state index in [0.29, 0.717) is 0 Å². The molecule has 3 N–H and O–H groups in total. The number of thiophene rings is 2. The molecule has 0 fully saturated rings. The van der Waals surface area contributed by atoms with Crippen LogP contribution in [-0.2, 0) is 0 Å². The first-order valence-corrected chi connectivity index (χ1v) is 8.93. The van der Waals surface area contributed by atoms with Crippen LogP contribution in [0.3, 0.4) is 0 Å². The normalized spacial score (nSPS) is 11.9. The van der Waals surface area contributed by atoms with E-state index < -0.39 is 6.10 Å². The number of carbonyl (C=O) groups excluding carboxylic acids is 1. The van der Waals surface area contributed by atoms with E-state index in [4.69, 9.17) is 0 Å². The molecule has 0 saturated carbocycles. The number of amides is 2. The standard InChI is InChI=1S/C17H16N2O2S2/c20-15(10-18-17(21)19-16-2-1-8-23-16)13-5-3-12(4-6-13)14-7-9-22-11-14/h1-9,11,15,20H,10H2,(H2,18,19,21)/t15-/m1/s1. The maximum Gasteiger partial charge on any atom is 0.319 e. The van der Waals surface area contributed by atoms with E-state index in [0.717, 1.165) is 16.1 Å². The van der Waals surface area contributed by atoms with Crippen molar-refractivity contribution >= 4 is 33.7 Å². The lowest BCUT2D eigenvalue weighted by molar-refractivity contribution is 0.175. The van der Waals surface area contributed by atoms with Crippen molar-refractivity contribution < 1.29 is 9.90 Å². The molecule has 3 aromatic rings. The number of nitrogens with one attached hydrogen (secondary N) is 2. The highest BCUT2D eigenvalue weighted by molar-refractivity contribution is 7.14. The Kier molecular flexibility index (Phi) is 5.07. The van der Waals surface area contributed by atoms with E-state index >= 15 is 0 Å². The SMILES string of the molecule is O=C(NC[C@@H](O)c1ccc(-c2ccsc2)cc1)Nc1cccs1. The fourth-order valence-electron chi connectivity index (χ4n) is 2.14. The maximum absolute atomic E-state index is 11.7. The van der Waals surface area contributed by atoms with E-state index in [1.165, 1.54) is 16.9 Å². The Labute approximate surface area is 142 Å². The molecule has 1 aromatic carbocycles. The first-order chi connectivity index (χ1) is 11.2. The van der Waals surface area contributed by atoms with Gasteiger partial charge in [0.1, 0.15) is 0 Å². The number of rotatable bonds is 5. The average Bonchev–Trinajstić information content (AvgIpc) is 3.26. The maximum atomic E-state index is 11.7. The molecular weight excluding hydrogens is 328 g/mol. The first kappa shape index (κ1) is 15.7. The summed E-state index contributed by atoms with van der Waals surface area (Å²) in [5.41, 5.74) is 3.07. The zero-order chi connectivity index (χ0) is 16.1. The Hall–Kier alpha value is -2.15. The monoisotopic (exact) mass is 344 g/mol. The van der Waals surface area contributed by atoms with Crippen molar-refractivity contribution in [1.29, 1.82) is 0 Å². The second-order valence-corrected chi connectivity index (χ2v) is 6.69. The molecule has 0 aliphatic carbocycles. The van der Waals surface area contributed by atoms with Crippen LogP contribution in [0.25, 0.3) is 11.1 Å². The molecule has 3 rings (SSSR count). The summed E-state index contributed by atoms with van der Waals surface area (Å²) >= 11 is 3.10. The van der Waals surface area contributed by atoms with Crippen LogP contribution < -0.4 is 10.6 Å². The van der Waals surface area contributed by atoms with Crippen molar-refractivity contribution in [3.63, 3.8) is 0 Å². The molecule has 2 amide bonds. The predicted molar refractivity (Wildman–Crippen MR) is 96.1 cm³/mol. The van der Waals surface area contributed by atoms with E-state index in [2.05, 4.69) is 22.1 Å². The number of anilines is 1. The average molecular weight is 344 g/mol. The number of aliphatic hydroxyl groups excluding tert-OH is 1. The van der Waals surface area contributed by atoms with Gasteiger partial charge in [-0.05, 0) is 51.0 Å². The number of hydrogen-bond acceptors (Lipinski definition) is 4. The van der Waals surface area contributed by atoms with Crippen molar-refractivity contribution in [2.45, 2.75) is 6.10 Å². The summed E-state index contributed by atoms with van der Waals surface area (Å²) < 4.78 is 0. The van der Waals surface area contributed by atoms with Crippen LogP contribution in [0.15, 0.2) is 58.6 Å². The third-order valence-electron chi connectivity index (χ3n) is 3.36. The van der Waals surface area contributed by atoms with Gasteiger partial charge in [0.25, 0.3) is 0 Å². The van der Waals surface area contributed by atoms with Gasteiger partial charge in [0.2, 0.25) is 0 Å². The molecule has 0 radical (unpaired) electrons. The lowest BCUT2D eigenvalue weighted by atomic mass is 10.0. The van der Waals surface area contributed by atoms with Gasteiger partial charge in [0.15, 0.2) is 0 Å². The Bertz CT molecular complexity index is 738. The van der Waals surface area contributed by atoms with Crippen LogP contribution in [-0.4, -0.2) is 17.7 Å². The largest absolute Gasteiger partial charge is 0.387 e. The molecule has 2 heterocycles. The highest BCUT2D eigenvalue weighted by Gasteiger charge is 2.10. The zero-order valence-electron chi connectivity index (χ0n) is 12.2. The molecule has 1 atom stereocenters. The van der Waals surface area contributed by atoms with Crippen LogP contribution in [0.4, 0.5) is 9.80 Å². The highest BCUT2D eigenvalue weighted by Crippen LogP contribution is 2.24. The van der Waals surface area contributed by atoms with Crippen molar-refractivity contribution in [2.75, 3.05) is 11.9 Å². The topological polar surface area (TPSA) is 61.4 Å². The highest BCUT2D eigenvalue weighted by atomic mass is 32.1. The number of hydrogen-bond donors (Lipinski definition) is 3. The van der Waals surface area contributed by atoms with Gasteiger partial charge in [0, 0.05) is 6.54 Å². The van der Waals surface area contributed by atoms with Gasteiger partial charge in [0.05, 0.1) is 11.1 Å². The van der Waals surface area contributed by atoms with Crippen LogP contribution in [0.1, 0.15) is 11.7 Å². The van der Waals surface area contributed by atoms with Gasteiger partial charge < -0.3 is 10.4 Å². The van der Waals surface area contributed by atoms with Gasteiger partial charge in [-0.3, -0.25) is 5.32 Å². The lowest BCUT2D eigenvalue weighted by Gasteiger charge is -2.13. The fraction of sp³-hybridized carbons (Fsp3) is 0.118. The van der Waals surface area contributed by atoms with E-state index in [9.17, 15) is 9.90 Å². The van der Waals surface area contributed by atoms with Gasteiger partial charge in [-0.2, -0.15) is 11.3 Å². The third-order valence-corrected chi connectivity index (χ3v) is 4.83. The molecule has 4 nitrogen and oxygen atoms in total. The molecule has 0 unspecified atom stereocenters. The van der Waals surface area contributed by atoms with Crippen LogP contribution >= 0.6 is 22.7 Å². The fourth-order valence-corrected chi connectivity index (χ4v) is 3.42. The van der Waals surface area contributed by atoms with E-state index in [1.54, 1.807) is 11.3 Å². The lowest BCUT2D eigenvalue weighted by Crippen LogP contribution is -2.32. The molecular formula is C17H16N2O2S2. The van der Waals surface area contributed by atoms with Crippen molar-refractivity contribution in [2.24, 2.45) is 0 Å². The Morgan fingerprint density at radius 3 is 2.57 bits per heavy atom. The smallest absolute Gasteiger partial charge is 0.319 e. The molecule has 0 saturated heterocycles. The number of carbonyl (C=O) groups is 1. The molecule has 0 aliphatic heterocycles. The van der Waals surface area contributed by atoms with Gasteiger partial charge >= 0.3 is 6.03 Å². The zero-order valence-corrected chi connectivity index (χ0v) is 13.9. The molecule has 2 aromatic heterocycles. The summed E-state index contributed by atoms with van der Waals surface area (Å²) in [6.45, 7) is 0.162. The molecule has 118 valence electrons. The molecule has 0 aliphatic rings. The summed E-state index contributed by atoms with van der Waals surface area (Å²) in [6, 6.07) is 13.2. The third kappa shape index (κ3) is 4.19. The summed E-state index contributed by atoms with van der Waals surface area (Å²) in [5, 5.41) is 22.3. The van der Waals surface area contributed by atoms with Crippen LogP contribution in [0.5, 0.6) is 0 Å². The minimum Gasteiger partial charge on any atom is -0.387 e. The molecule has 6 heteroatoms. The van der Waals surface area contributed by atoms with Crippen molar-refractivity contribution in [3.05, 3.63) is 64.2 Å². The minimum atomic E-state index is -0.736. The summed E-state index contributed by atoms with van der Waals surface area (Å²) in [5.74, 6) is 0. The van der Waals surface area contributed by atoms with Crippen molar-refractivity contribution in [1.82, 2.24) is 5.32 Å².